The van der Waals surface area contributed by atoms with E-state index in [2.05, 4.69) is 40.3 Å². The summed E-state index contributed by atoms with van der Waals surface area (Å²) in [4.78, 5) is 9.27. The monoisotopic (exact) mass is 308 g/mol. The lowest BCUT2D eigenvalue weighted by molar-refractivity contribution is 0.371. The van der Waals surface area contributed by atoms with Crippen LogP contribution in [-0.2, 0) is 6.54 Å². The molecule has 0 radical (unpaired) electrons. The van der Waals surface area contributed by atoms with E-state index in [1.54, 1.807) is 0 Å². The van der Waals surface area contributed by atoms with Crippen LogP contribution < -0.4 is 10.2 Å². The molecule has 1 saturated carbocycles. The molecular formula is C16H25ClN4. The van der Waals surface area contributed by atoms with Gasteiger partial charge in [0.2, 0.25) is 0 Å². The van der Waals surface area contributed by atoms with Crippen LogP contribution >= 0.6 is 11.6 Å². The van der Waals surface area contributed by atoms with E-state index in [4.69, 9.17) is 11.6 Å². The number of nitrogens with zero attached hydrogens (tertiary/aromatic N) is 3. The van der Waals surface area contributed by atoms with Gasteiger partial charge in [-0.2, -0.15) is 0 Å². The first kappa shape index (κ1) is 15.1. The summed E-state index contributed by atoms with van der Waals surface area (Å²) in [6.07, 6.45) is 7.03. The standard InChI is InChI=1S/C16H25ClN4/c1-20(2)11-14-4-3-7-21(14)16-15(17)8-12(10-19-16)9-18-13-5-6-13/h8,10,13-14,18H,3-7,9,11H2,1-2H3. The van der Waals surface area contributed by atoms with Crippen LogP contribution in [-0.4, -0.2) is 49.2 Å². The highest BCUT2D eigenvalue weighted by Crippen LogP contribution is 2.31. The zero-order valence-corrected chi connectivity index (χ0v) is 13.7. The molecule has 0 aromatic carbocycles. The molecule has 1 aliphatic heterocycles. The van der Waals surface area contributed by atoms with Crippen molar-refractivity contribution in [2.24, 2.45) is 0 Å². The van der Waals surface area contributed by atoms with Crippen LogP contribution in [0.4, 0.5) is 5.82 Å². The molecule has 2 heterocycles. The molecule has 1 aromatic rings. The first-order valence-corrected chi connectivity index (χ1v) is 8.30. The Morgan fingerprint density at radius 2 is 2.19 bits per heavy atom. The number of aromatic nitrogens is 1. The lowest BCUT2D eigenvalue weighted by atomic mass is 10.2. The van der Waals surface area contributed by atoms with Crippen LogP contribution in [0.3, 0.4) is 0 Å². The summed E-state index contributed by atoms with van der Waals surface area (Å²) in [7, 11) is 4.25. The lowest BCUT2D eigenvalue weighted by Crippen LogP contribution is -2.38. The largest absolute Gasteiger partial charge is 0.351 e. The number of pyridine rings is 1. The van der Waals surface area contributed by atoms with Gasteiger partial charge in [-0.3, -0.25) is 0 Å². The Labute approximate surface area is 132 Å². The van der Waals surface area contributed by atoms with Gasteiger partial charge in [-0.25, -0.2) is 4.98 Å². The van der Waals surface area contributed by atoms with Crippen molar-refractivity contribution in [3.05, 3.63) is 22.8 Å². The maximum Gasteiger partial charge on any atom is 0.147 e. The Morgan fingerprint density at radius 1 is 1.38 bits per heavy atom. The summed E-state index contributed by atoms with van der Waals surface area (Å²) >= 11 is 6.50. The third kappa shape index (κ3) is 3.87. The van der Waals surface area contributed by atoms with E-state index in [1.165, 1.54) is 31.2 Å². The number of halogens is 1. The average molecular weight is 309 g/mol. The molecule has 1 saturated heterocycles. The number of hydrogen-bond donors (Lipinski definition) is 1. The van der Waals surface area contributed by atoms with Crippen molar-refractivity contribution in [2.75, 3.05) is 32.1 Å². The summed E-state index contributed by atoms with van der Waals surface area (Å²) in [6.45, 7) is 2.99. The van der Waals surface area contributed by atoms with Gasteiger partial charge in [0.1, 0.15) is 5.82 Å². The van der Waals surface area contributed by atoms with Crippen molar-refractivity contribution < 1.29 is 0 Å². The molecule has 1 aliphatic carbocycles. The third-order valence-electron chi connectivity index (χ3n) is 4.28. The Hall–Kier alpha value is -0.840. The van der Waals surface area contributed by atoms with E-state index in [1.807, 2.05) is 6.20 Å². The highest BCUT2D eigenvalue weighted by Gasteiger charge is 2.27. The Morgan fingerprint density at radius 3 is 2.86 bits per heavy atom. The summed E-state index contributed by atoms with van der Waals surface area (Å²) in [5.41, 5.74) is 1.18. The number of rotatable bonds is 6. The number of likely N-dealkylation sites (N-methyl/N-ethyl adjacent to an activating group) is 1. The van der Waals surface area contributed by atoms with Crippen LogP contribution in [0.2, 0.25) is 5.02 Å². The van der Waals surface area contributed by atoms with Crippen LogP contribution in [0.15, 0.2) is 12.3 Å². The zero-order chi connectivity index (χ0) is 14.8. The van der Waals surface area contributed by atoms with Crippen molar-refractivity contribution in [3.63, 3.8) is 0 Å². The molecule has 0 spiro atoms. The molecule has 2 aliphatic rings. The molecule has 5 heteroatoms. The molecule has 2 fully saturated rings. The third-order valence-corrected chi connectivity index (χ3v) is 4.55. The van der Waals surface area contributed by atoms with Crippen molar-refractivity contribution in [1.82, 2.24) is 15.2 Å². The Kier molecular flexibility index (Phi) is 4.67. The van der Waals surface area contributed by atoms with Crippen LogP contribution in [0.1, 0.15) is 31.2 Å². The fourth-order valence-electron chi connectivity index (χ4n) is 3.05. The minimum Gasteiger partial charge on any atom is -0.351 e. The van der Waals surface area contributed by atoms with Crippen molar-refractivity contribution in [3.8, 4) is 0 Å². The van der Waals surface area contributed by atoms with Crippen LogP contribution in [0, 0.1) is 0 Å². The number of anilines is 1. The minimum atomic E-state index is 0.528. The fourth-order valence-corrected chi connectivity index (χ4v) is 3.35. The molecule has 21 heavy (non-hydrogen) atoms. The molecule has 3 rings (SSSR count). The summed E-state index contributed by atoms with van der Waals surface area (Å²) < 4.78 is 0. The van der Waals surface area contributed by atoms with E-state index in [-0.39, 0.29) is 0 Å². The molecular weight excluding hydrogens is 284 g/mol. The molecule has 1 aromatic heterocycles. The summed E-state index contributed by atoms with van der Waals surface area (Å²) in [5, 5.41) is 4.29. The van der Waals surface area contributed by atoms with Crippen molar-refractivity contribution in [1.29, 1.82) is 0 Å². The van der Waals surface area contributed by atoms with Crippen LogP contribution in [0.25, 0.3) is 0 Å². The van der Waals surface area contributed by atoms with E-state index in [0.717, 1.165) is 30.5 Å². The zero-order valence-electron chi connectivity index (χ0n) is 13.0. The SMILES string of the molecule is CN(C)CC1CCCN1c1ncc(CNC2CC2)cc1Cl. The first-order chi connectivity index (χ1) is 10.1. The predicted octanol–water partition coefficient (Wildman–Crippen LogP) is 2.52. The summed E-state index contributed by atoms with van der Waals surface area (Å²) in [5.74, 6) is 0.955. The Bertz CT molecular complexity index is 487. The maximum absolute atomic E-state index is 6.50. The van der Waals surface area contributed by atoms with E-state index >= 15 is 0 Å². The molecule has 0 amide bonds. The molecule has 1 unspecified atom stereocenters. The molecule has 0 bridgehead atoms. The second-order valence-electron chi connectivity index (χ2n) is 6.56. The highest BCUT2D eigenvalue weighted by molar-refractivity contribution is 6.33. The van der Waals surface area contributed by atoms with E-state index < -0.39 is 0 Å². The normalized spacial score (nSPS) is 22.3. The highest BCUT2D eigenvalue weighted by atomic mass is 35.5. The topological polar surface area (TPSA) is 31.4 Å². The Balaban J connectivity index is 1.68. The minimum absolute atomic E-state index is 0.528. The number of hydrogen-bond acceptors (Lipinski definition) is 4. The first-order valence-electron chi connectivity index (χ1n) is 7.92. The smallest absolute Gasteiger partial charge is 0.147 e. The summed E-state index contributed by atoms with van der Waals surface area (Å²) in [6, 6.07) is 3.32. The van der Waals surface area contributed by atoms with Gasteiger partial charge in [0.25, 0.3) is 0 Å². The molecule has 1 N–H and O–H groups in total. The second-order valence-corrected chi connectivity index (χ2v) is 6.96. The van der Waals surface area contributed by atoms with Crippen molar-refractivity contribution in [2.45, 2.75) is 44.3 Å². The number of nitrogens with one attached hydrogen (secondary N) is 1. The predicted molar refractivity (Wildman–Crippen MR) is 88.0 cm³/mol. The van der Waals surface area contributed by atoms with Gasteiger partial charge >= 0.3 is 0 Å². The maximum atomic E-state index is 6.50. The van der Waals surface area contributed by atoms with E-state index in [9.17, 15) is 0 Å². The van der Waals surface area contributed by atoms with Gasteiger partial charge in [-0.05, 0) is 51.4 Å². The average Bonchev–Trinajstić information content (AvgIpc) is 3.16. The van der Waals surface area contributed by atoms with E-state index in [0.29, 0.717) is 12.1 Å². The lowest BCUT2D eigenvalue weighted by Gasteiger charge is -2.28. The molecule has 116 valence electrons. The quantitative estimate of drug-likeness (QED) is 0.875. The van der Waals surface area contributed by atoms with Crippen molar-refractivity contribution >= 4 is 17.4 Å². The van der Waals surface area contributed by atoms with Crippen LogP contribution in [0.5, 0.6) is 0 Å². The van der Waals surface area contributed by atoms with Gasteiger partial charge < -0.3 is 15.1 Å². The van der Waals surface area contributed by atoms with Gasteiger partial charge in [-0.15, -0.1) is 0 Å². The fraction of sp³-hybridized carbons (Fsp3) is 0.688. The molecule has 4 nitrogen and oxygen atoms in total. The van der Waals surface area contributed by atoms with Gasteiger partial charge in [0.05, 0.1) is 5.02 Å². The van der Waals surface area contributed by atoms with Gasteiger partial charge in [0, 0.05) is 37.9 Å². The molecule has 1 atom stereocenters. The van der Waals surface area contributed by atoms with Gasteiger partial charge in [-0.1, -0.05) is 11.6 Å². The van der Waals surface area contributed by atoms with Gasteiger partial charge in [0.15, 0.2) is 0 Å². The second kappa shape index (κ2) is 6.51.